The second kappa shape index (κ2) is 12.2. The van der Waals surface area contributed by atoms with Gasteiger partial charge in [0, 0.05) is 5.69 Å². The molecule has 1 aliphatic heterocycles. The van der Waals surface area contributed by atoms with E-state index in [4.69, 9.17) is 39.5 Å². The van der Waals surface area contributed by atoms with Gasteiger partial charge in [0.25, 0.3) is 5.91 Å². The summed E-state index contributed by atoms with van der Waals surface area (Å²) in [6.07, 6.45) is 2.20. The van der Waals surface area contributed by atoms with E-state index < -0.39 is 24.4 Å². The van der Waals surface area contributed by atoms with E-state index in [1.807, 2.05) is 19.1 Å². The number of anilines is 1. The number of imide groups is 1. The SMILES string of the molecule is CCc1ccccc1NC(=O)CN1C(=O)N/C(=C/c2cc(Cl)c(OCc3ccc(Cl)c(Cl)c3)c(Br)c2)C1=O. The van der Waals surface area contributed by atoms with E-state index in [1.165, 1.54) is 6.08 Å². The molecule has 38 heavy (non-hydrogen) atoms. The Hall–Kier alpha value is -3.04. The molecule has 2 N–H and O–H groups in total. The maximum Gasteiger partial charge on any atom is 0.329 e. The second-order valence-corrected chi connectivity index (χ2v) is 10.4. The van der Waals surface area contributed by atoms with Crippen molar-refractivity contribution in [3.05, 3.63) is 96.5 Å². The molecule has 0 bridgehead atoms. The first-order chi connectivity index (χ1) is 18.2. The third-order valence-electron chi connectivity index (χ3n) is 5.64. The number of carbonyl (C=O) groups is 3. The zero-order valence-corrected chi connectivity index (χ0v) is 23.8. The Morgan fingerprint density at radius 1 is 1.05 bits per heavy atom. The van der Waals surface area contributed by atoms with Crippen LogP contribution in [0.3, 0.4) is 0 Å². The van der Waals surface area contributed by atoms with Crippen molar-refractivity contribution in [1.82, 2.24) is 10.2 Å². The fourth-order valence-corrected chi connectivity index (χ4v) is 5.06. The minimum Gasteiger partial charge on any atom is -0.486 e. The number of urea groups is 1. The summed E-state index contributed by atoms with van der Waals surface area (Å²) < 4.78 is 6.39. The summed E-state index contributed by atoms with van der Waals surface area (Å²) in [5.41, 5.74) is 2.95. The van der Waals surface area contributed by atoms with E-state index in [1.54, 1.807) is 42.5 Å². The Morgan fingerprint density at radius 2 is 1.82 bits per heavy atom. The smallest absolute Gasteiger partial charge is 0.329 e. The first kappa shape index (κ1) is 28.0. The maximum atomic E-state index is 12.9. The molecule has 1 heterocycles. The van der Waals surface area contributed by atoms with Crippen molar-refractivity contribution in [3.8, 4) is 5.75 Å². The van der Waals surface area contributed by atoms with Crippen molar-refractivity contribution in [2.75, 3.05) is 11.9 Å². The summed E-state index contributed by atoms with van der Waals surface area (Å²) in [4.78, 5) is 38.7. The summed E-state index contributed by atoms with van der Waals surface area (Å²) in [6, 6.07) is 15.1. The molecule has 11 heteroatoms. The highest BCUT2D eigenvalue weighted by atomic mass is 79.9. The van der Waals surface area contributed by atoms with Gasteiger partial charge in [-0.05, 0) is 75.4 Å². The number of para-hydroxylation sites is 1. The zero-order valence-electron chi connectivity index (χ0n) is 20.0. The Bertz CT molecular complexity index is 1440. The highest BCUT2D eigenvalue weighted by Crippen LogP contribution is 2.36. The predicted molar refractivity (Wildman–Crippen MR) is 153 cm³/mol. The summed E-state index contributed by atoms with van der Waals surface area (Å²) in [5, 5.41) is 6.42. The van der Waals surface area contributed by atoms with Crippen LogP contribution in [0.4, 0.5) is 10.5 Å². The van der Waals surface area contributed by atoms with Crippen molar-refractivity contribution in [3.63, 3.8) is 0 Å². The Kier molecular flexibility index (Phi) is 8.99. The van der Waals surface area contributed by atoms with Gasteiger partial charge in [-0.15, -0.1) is 0 Å². The van der Waals surface area contributed by atoms with Crippen molar-refractivity contribution in [2.24, 2.45) is 0 Å². The van der Waals surface area contributed by atoms with Gasteiger partial charge >= 0.3 is 6.03 Å². The van der Waals surface area contributed by atoms with E-state index in [9.17, 15) is 14.4 Å². The number of nitrogens with one attached hydrogen (secondary N) is 2. The third-order valence-corrected chi connectivity index (χ3v) is 7.24. The van der Waals surface area contributed by atoms with Gasteiger partial charge in [-0.2, -0.15) is 0 Å². The number of hydrogen-bond donors (Lipinski definition) is 2. The standard InChI is InChI=1S/C27H21BrCl3N3O4/c1-2-17-5-3-4-6-22(17)32-24(35)13-34-26(36)23(33-27(34)37)12-16-9-18(28)25(21(31)11-16)38-14-15-7-8-19(29)20(30)10-15/h3-12H,2,13-14H2,1H3,(H,32,35)(H,33,37)/b23-12+. The minimum atomic E-state index is -0.688. The van der Waals surface area contributed by atoms with Gasteiger partial charge in [0.15, 0.2) is 5.75 Å². The molecule has 0 spiro atoms. The average Bonchev–Trinajstić information content (AvgIpc) is 3.13. The lowest BCUT2D eigenvalue weighted by Gasteiger charge is -2.13. The van der Waals surface area contributed by atoms with Crippen molar-refractivity contribution < 1.29 is 19.1 Å². The van der Waals surface area contributed by atoms with Gasteiger partial charge in [-0.1, -0.05) is 66.0 Å². The van der Waals surface area contributed by atoms with Gasteiger partial charge in [-0.25, -0.2) is 9.69 Å². The van der Waals surface area contributed by atoms with E-state index in [-0.39, 0.29) is 17.3 Å². The summed E-state index contributed by atoms with van der Waals surface area (Å²) in [7, 11) is 0. The van der Waals surface area contributed by atoms with Gasteiger partial charge < -0.3 is 15.4 Å². The largest absolute Gasteiger partial charge is 0.486 e. The van der Waals surface area contributed by atoms with E-state index in [0.29, 0.717) is 31.5 Å². The van der Waals surface area contributed by atoms with Crippen LogP contribution in [-0.2, 0) is 22.6 Å². The fourth-order valence-electron chi connectivity index (χ4n) is 3.75. The predicted octanol–water partition coefficient (Wildman–Crippen LogP) is 7.08. The molecule has 3 aromatic rings. The number of ether oxygens (including phenoxy) is 1. The van der Waals surface area contributed by atoms with Gasteiger partial charge in [0.05, 0.1) is 19.5 Å². The summed E-state index contributed by atoms with van der Waals surface area (Å²) >= 11 is 21.9. The lowest BCUT2D eigenvalue weighted by Crippen LogP contribution is -2.38. The molecule has 1 aliphatic rings. The number of aryl methyl sites for hydroxylation is 1. The highest BCUT2D eigenvalue weighted by Gasteiger charge is 2.35. The number of nitrogens with zero attached hydrogens (tertiary/aromatic N) is 1. The van der Waals surface area contributed by atoms with Gasteiger partial charge in [-0.3, -0.25) is 9.59 Å². The molecule has 7 nitrogen and oxygen atoms in total. The monoisotopic (exact) mass is 635 g/mol. The van der Waals surface area contributed by atoms with Gasteiger partial charge in [0.2, 0.25) is 5.91 Å². The van der Waals surface area contributed by atoms with Crippen molar-refractivity contribution in [2.45, 2.75) is 20.0 Å². The fraction of sp³-hybridized carbons (Fsp3) is 0.148. The molecule has 0 unspecified atom stereocenters. The summed E-state index contributed by atoms with van der Waals surface area (Å²) in [5.74, 6) is -0.710. The molecule has 4 amide bonds. The van der Waals surface area contributed by atoms with E-state index >= 15 is 0 Å². The molecule has 196 valence electrons. The Labute approximate surface area is 242 Å². The topological polar surface area (TPSA) is 87.7 Å². The van der Waals surface area contributed by atoms with Gasteiger partial charge in [0.1, 0.15) is 18.8 Å². The third kappa shape index (κ3) is 6.50. The lowest BCUT2D eigenvalue weighted by atomic mass is 10.1. The number of hydrogen-bond acceptors (Lipinski definition) is 4. The van der Waals surface area contributed by atoms with Crippen LogP contribution in [0.25, 0.3) is 6.08 Å². The molecule has 0 saturated carbocycles. The Morgan fingerprint density at radius 3 is 2.53 bits per heavy atom. The first-order valence-corrected chi connectivity index (χ1v) is 13.4. The molecule has 0 aromatic heterocycles. The molecule has 0 aliphatic carbocycles. The van der Waals surface area contributed by atoms with Crippen LogP contribution in [0.5, 0.6) is 5.75 Å². The first-order valence-electron chi connectivity index (χ1n) is 11.4. The second-order valence-electron chi connectivity index (χ2n) is 8.29. The number of rotatable bonds is 8. The molecule has 0 atom stereocenters. The normalized spacial score (nSPS) is 14.1. The van der Waals surface area contributed by atoms with Crippen LogP contribution in [-0.4, -0.2) is 29.3 Å². The maximum absolute atomic E-state index is 12.9. The molecule has 1 saturated heterocycles. The number of amides is 4. The molecule has 0 radical (unpaired) electrons. The number of halogens is 4. The van der Waals surface area contributed by atoms with Crippen LogP contribution in [0.15, 0.2) is 64.8 Å². The quantitative estimate of drug-likeness (QED) is 0.204. The number of benzene rings is 3. The van der Waals surface area contributed by atoms with Crippen LogP contribution < -0.4 is 15.4 Å². The Balaban J connectivity index is 1.44. The summed E-state index contributed by atoms with van der Waals surface area (Å²) in [6.45, 7) is 1.74. The molecule has 3 aromatic carbocycles. The van der Waals surface area contributed by atoms with Crippen LogP contribution >= 0.6 is 50.7 Å². The van der Waals surface area contributed by atoms with Crippen molar-refractivity contribution in [1.29, 1.82) is 0 Å². The van der Waals surface area contributed by atoms with E-state index in [2.05, 4.69) is 26.6 Å². The lowest BCUT2D eigenvalue weighted by molar-refractivity contribution is -0.127. The number of carbonyl (C=O) groups excluding carboxylic acids is 3. The average molecular weight is 638 g/mol. The molecule has 1 fully saturated rings. The zero-order chi connectivity index (χ0) is 27.4. The van der Waals surface area contributed by atoms with Crippen LogP contribution in [0.2, 0.25) is 15.1 Å². The molecular weight excluding hydrogens is 617 g/mol. The van der Waals surface area contributed by atoms with E-state index in [0.717, 1.165) is 22.4 Å². The molecular formula is C27H21BrCl3N3O4. The molecule has 4 rings (SSSR count). The van der Waals surface area contributed by atoms with Crippen LogP contribution in [0.1, 0.15) is 23.6 Å². The highest BCUT2D eigenvalue weighted by molar-refractivity contribution is 9.10. The van der Waals surface area contributed by atoms with Crippen molar-refractivity contribution >= 4 is 80.3 Å². The van der Waals surface area contributed by atoms with Crippen LogP contribution in [0, 0.1) is 0 Å². The minimum absolute atomic E-state index is 0.0178.